The van der Waals surface area contributed by atoms with Crippen LogP contribution in [0.3, 0.4) is 0 Å². The summed E-state index contributed by atoms with van der Waals surface area (Å²) in [5.41, 5.74) is 1.76. The van der Waals surface area contributed by atoms with E-state index in [4.69, 9.17) is 9.47 Å². The maximum Gasteiger partial charge on any atom is 0.265 e. The van der Waals surface area contributed by atoms with Crippen molar-refractivity contribution in [3.8, 4) is 11.5 Å². The van der Waals surface area contributed by atoms with Crippen LogP contribution < -0.4 is 14.8 Å². The molecule has 1 unspecified atom stereocenters. The van der Waals surface area contributed by atoms with Crippen molar-refractivity contribution in [1.82, 2.24) is 0 Å². The van der Waals surface area contributed by atoms with Crippen LogP contribution in [0.2, 0.25) is 0 Å². The zero-order chi connectivity index (χ0) is 14.7. The third-order valence-corrected chi connectivity index (χ3v) is 3.39. The number of rotatable bonds is 4. The highest BCUT2D eigenvalue weighted by Gasteiger charge is 2.26. The maximum atomic E-state index is 11.8. The van der Waals surface area contributed by atoms with E-state index in [0.29, 0.717) is 30.2 Å². The van der Waals surface area contributed by atoms with E-state index in [0.717, 1.165) is 5.56 Å². The Morgan fingerprint density at radius 3 is 2.76 bits per heavy atom. The monoisotopic (exact) mass is 283 g/mol. The second-order valence-corrected chi connectivity index (χ2v) is 4.94. The van der Waals surface area contributed by atoms with Crippen LogP contribution in [0.25, 0.3) is 0 Å². The molecular weight excluding hydrogens is 266 g/mol. The molecule has 4 nitrogen and oxygen atoms in total. The number of hydrogen-bond acceptors (Lipinski definition) is 3. The van der Waals surface area contributed by atoms with Gasteiger partial charge in [0.1, 0.15) is 18.1 Å². The molecule has 0 bridgehead atoms. The molecule has 21 heavy (non-hydrogen) atoms. The summed E-state index contributed by atoms with van der Waals surface area (Å²) in [5, 5.41) is 2.86. The largest absolute Gasteiger partial charge is 0.489 e. The number of ether oxygens (including phenoxy) is 2. The molecule has 1 N–H and O–H groups in total. The molecule has 0 aromatic heterocycles. The second-order valence-electron chi connectivity index (χ2n) is 4.94. The van der Waals surface area contributed by atoms with Crippen molar-refractivity contribution in [2.75, 3.05) is 5.32 Å². The number of nitrogens with one attached hydrogen (secondary N) is 1. The average Bonchev–Trinajstić information content (AvgIpc) is 2.53. The number of hydrogen-bond donors (Lipinski definition) is 1. The number of amides is 1. The molecule has 4 heteroatoms. The van der Waals surface area contributed by atoms with Crippen molar-refractivity contribution >= 4 is 11.6 Å². The molecule has 0 radical (unpaired) electrons. The zero-order valence-electron chi connectivity index (χ0n) is 11.8. The molecule has 2 aromatic carbocycles. The first-order chi connectivity index (χ1) is 10.3. The summed E-state index contributed by atoms with van der Waals surface area (Å²) in [6.07, 6.45) is 0.242. The Labute approximate surface area is 123 Å². The molecule has 0 aliphatic carbocycles. The predicted molar refractivity (Wildman–Crippen MR) is 80.6 cm³/mol. The molecule has 0 spiro atoms. The van der Waals surface area contributed by atoms with E-state index in [-0.39, 0.29) is 5.91 Å². The molecule has 1 aliphatic rings. The molecule has 1 aliphatic heterocycles. The van der Waals surface area contributed by atoms with E-state index in [2.05, 4.69) is 5.32 Å². The van der Waals surface area contributed by atoms with Crippen LogP contribution in [-0.2, 0) is 11.4 Å². The zero-order valence-corrected chi connectivity index (χ0v) is 11.8. The van der Waals surface area contributed by atoms with Crippen molar-refractivity contribution in [3.63, 3.8) is 0 Å². The Bertz CT molecular complexity index is 640. The van der Waals surface area contributed by atoms with Crippen LogP contribution in [0.15, 0.2) is 48.5 Å². The average molecular weight is 283 g/mol. The van der Waals surface area contributed by atoms with E-state index in [9.17, 15) is 4.79 Å². The maximum absolute atomic E-state index is 11.8. The van der Waals surface area contributed by atoms with Gasteiger partial charge >= 0.3 is 0 Å². The summed E-state index contributed by atoms with van der Waals surface area (Å²) in [6, 6.07) is 15.4. The van der Waals surface area contributed by atoms with Gasteiger partial charge in [0, 0.05) is 6.07 Å². The van der Waals surface area contributed by atoms with Gasteiger partial charge in [-0.05, 0) is 24.1 Å². The van der Waals surface area contributed by atoms with Crippen molar-refractivity contribution < 1.29 is 14.3 Å². The van der Waals surface area contributed by atoms with Gasteiger partial charge in [0.25, 0.3) is 5.91 Å². The van der Waals surface area contributed by atoms with Crippen LogP contribution in [0, 0.1) is 0 Å². The summed E-state index contributed by atoms with van der Waals surface area (Å²) >= 11 is 0. The second kappa shape index (κ2) is 5.87. The van der Waals surface area contributed by atoms with E-state index >= 15 is 0 Å². The number of carbonyl (C=O) groups is 1. The first-order valence-electron chi connectivity index (χ1n) is 7.04. The topological polar surface area (TPSA) is 47.6 Å². The highest BCUT2D eigenvalue weighted by molar-refractivity contribution is 5.97. The Balaban J connectivity index is 1.72. The minimum Gasteiger partial charge on any atom is -0.489 e. The summed E-state index contributed by atoms with van der Waals surface area (Å²) < 4.78 is 11.4. The van der Waals surface area contributed by atoms with E-state index in [1.807, 2.05) is 49.4 Å². The van der Waals surface area contributed by atoms with Crippen LogP contribution in [0.5, 0.6) is 11.5 Å². The van der Waals surface area contributed by atoms with Crippen LogP contribution in [0.4, 0.5) is 5.69 Å². The lowest BCUT2D eigenvalue weighted by atomic mass is 10.2. The van der Waals surface area contributed by atoms with Gasteiger partial charge in [-0.2, -0.15) is 0 Å². The molecule has 108 valence electrons. The lowest BCUT2D eigenvalue weighted by Gasteiger charge is -2.25. The summed E-state index contributed by atoms with van der Waals surface area (Å²) in [7, 11) is 0. The van der Waals surface area contributed by atoms with Crippen molar-refractivity contribution in [2.45, 2.75) is 26.1 Å². The third kappa shape index (κ3) is 2.99. The Kier molecular flexibility index (Phi) is 3.77. The number of carbonyl (C=O) groups excluding carboxylic acids is 1. The molecule has 3 rings (SSSR count). The quantitative estimate of drug-likeness (QED) is 0.935. The van der Waals surface area contributed by atoms with Gasteiger partial charge in [0.2, 0.25) is 0 Å². The van der Waals surface area contributed by atoms with Crippen LogP contribution in [-0.4, -0.2) is 12.0 Å². The van der Waals surface area contributed by atoms with Gasteiger partial charge in [-0.15, -0.1) is 0 Å². The smallest absolute Gasteiger partial charge is 0.265 e. The molecule has 0 saturated heterocycles. The first kappa shape index (κ1) is 13.5. The Hall–Kier alpha value is -2.49. The standard InChI is InChI=1S/C17H17NO3/c1-2-15-17(19)18-14-10-13(8-9-16(14)21-15)20-11-12-6-4-3-5-7-12/h3-10,15H,2,11H2,1H3,(H,18,19). The Morgan fingerprint density at radius 2 is 2.00 bits per heavy atom. The Morgan fingerprint density at radius 1 is 1.19 bits per heavy atom. The highest BCUT2D eigenvalue weighted by Crippen LogP contribution is 2.33. The molecule has 0 saturated carbocycles. The fraction of sp³-hybridized carbons (Fsp3) is 0.235. The fourth-order valence-corrected chi connectivity index (χ4v) is 2.23. The van der Waals surface area contributed by atoms with Gasteiger partial charge in [0.05, 0.1) is 5.69 Å². The first-order valence-corrected chi connectivity index (χ1v) is 7.04. The fourth-order valence-electron chi connectivity index (χ4n) is 2.23. The predicted octanol–water partition coefficient (Wildman–Crippen LogP) is 3.38. The van der Waals surface area contributed by atoms with Crippen molar-refractivity contribution in [3.05, 3.63) is 54.1 Å². The molecular formula is C17H17NO3. The third-order valence-electron chi connectivity index (χ3n) is 3.39. The van der Waals surface area contributed by atoms with Gasteiger partial charge in [0.15, 0.2) is 6.10 Å². The highest BCUT2D eigenvalue weighted by atomic mass is 16.5. The van der Waals surface area contributed by atoms with E-state index in [1.165, 1.54) is 0 Å². The van der Waals surface area contributed by atoms with E-state index < -0.39 is 6.10 Å². The summed E-state index contributed by atoms with van der Waals surface area (Å²) in [5.74, 6) is 1.29. The summed E-state index contributed by atoms with van der Waals surface area (Å²) in [4.78, 5) is 11.8. The number of anilines is 1. The SMILES string of the molecule is CCC1Oc2ccc(OCc3ccccc3)cc2NC1=O. The molecule has 2 aromatic rings. The minimum atomic E-state index is -0.409. The molecule has 0 fully saturated rings. The number of benzene rings is 2. The molecule has 1 atom stereocenters. The minimum absolute atomic E-state index is 0.106. The lowest BCUT2D eigenvalue weighted by Crippen LogP contribution is -2.36. The molecule has 1 heterocycles. The van der Waals surface area contributed by atoms with Gasteiger partial charge in [-0.25, -0.2) is 0 Å². The van der Waals surface area contributed by atoms with Crippen molar-refractivity contribution in [2.24, 2.45) is 0 Å². The normalized spacial score (nSPS) is 16.6. The van der Waals surface area contributed by atoms with Crippen LogP contribution >= 0.6 is 0 Å². The van der Waals surface area contributed by atoms with E-state index in [1.54, 1.807) is 6.07 Å². The van der Waals surface area contributed by atoms with Gasteiger partial charge in [-0.1, -0.05) is 37.3 Å². The lowest BCUT2D eigenvalue weighted by molar-refractivity contribution is -0.123. The van der Waals surface area contributed by atoms with Gasteiger partial charge in [-0.3, -0.25) is 4.79 Å². The van der Waals surface area contributed by atoms with Gasteiger partial charge < -0.3 is 14.8 Å². The summed E-state index contributed by atoms with van der Waals surface area (Å²) in [6.45, 7) is 2.42. The molecule has 1 amide bonds. The van der Waals surface area contributed by atoms with Crippen LogP contribution in [0.1, 0.15) is 18.9 Å². The van der Waals surface area contributed by atoms with Crippen molar-refractivity contribution in [1.29, 1.82) is 0 Å². The number of fused-ring (bicyclic) bond motifs is 1.